The number of sulfonamides is 1. The Morgan fingerprint density at radius 3 is 2.50 bits per heavy atom. The molecule has 0 bridgehead atoms. The number of rotatable bonds is 4. The lowest BCUT2D eigenvalue weighted by Crippen LogP contribution is -2.14. The lowest BCUT2D eigenvalue weighted by molar-refractivity contribution is 0.600. The van der Waals surface area contributed by atoms with E-state index < -0.39 is 15.8 Å². The summed E-state index contributed by atoms with van der Waals surface area (Å²) in [6.45, 7) is 1.77. The fraction of sp³-hybridized carbons (Fsp3) is 0.143. The third-order valence-electron chi connectivity index (χ3n) is 2.77. The van der Waals surface area contributed by atoms with Crippen molar-refractivity contribution in [3.05, 3.63) is 59.9 Å². The van der Waals surface area contributed by atoms with E-state index in [9.17, 15) is 12.8 Å². The molecule has 4 nitrogen and oxygen atoms in total. The first-order valence-corrected chi connectivity index (χ1v) is 7.51. The average Bonchev–Trinajstić information content (AvgIpc) is 2.38. The standard InChI is InChI=1S/C14H15FN2O2S/c1-10(16)11-4-2-7-14(8-11)20(18,19)17-13-6-3-5-12(15)9-13/h2-10,17H,16H2,1H3. The molecule has 0 saturated heterocycles. The van der Waals surface area contributed by atoms with E-state index in [1.807, 2.05) is 0 Å². The predicted molar refractivity (Wildman–Crippen MR) is 76.3 cm³/mol. The van der Waals surface area contributed by atoms with Crippen molar-refractivity contribution in [2.24, 2.45) is 5.73 Å². The Kier molecular flexibility index (Phi) is 4.06. The van der Waals surface area contributed by atoms with Crippen LogP contribution < -0.4 is 10.5 Å². The zero-order chi connectivity index (χ0) is 14.8. The molecule has 0 fully saturated rings. The molecule has 0 spiro atoms. The minimum Gasteiger partial charge on any atom is -0.324 e. The van der Waals surface area contributed by atoms with Crippen LogP contribution in [0.2, 0.25) is 0 Å². The molecule has 2 rings (SSSR count). The van der Waals surface area contributed by atoms with Crippen molar-refractivity contribution in [2.75, 3.05) is 4.72 Å². The van der Waals surface area contributed by atoms with Crippen molar-refractivity contribution in [3.63, 3.8) is 0 Å². The van der Waals surface area contributed by atoms with Crippen LogP contribution in [-0.4, -0.2) is 8.42 Å². The maximum Gasteiger partial charge on any atom is 0.261 e. The fourth-order valence-corrected chi connectivity index (χ4v) is 2.84. The van der Waals surface area contributed by atoms with Crippen molar-refractivity contribution < 1.29 is 12.8 Å². The molecule has 106 valence electrons. The van der Waals surface area contributed by atoms with Gasteiger partial charge in [-0.3, -0.25) is 4.72 Å². The van der Waals surface area contributed by atoms with Crippen LogP contribution >= 0.6 is 0 Å². The van der Waals surface area contributed by atoms with Crippen LogP contribution in [0.1, 0.15) is 18.5 Å². The molecular formula is C14H15FN2O2S. The molecule has 20 heavy (non-hydrogen) atoms. The zero-order valence-corrected chi connectivity index (χ0v) is 11.7. The number of halogens is 1. The number of nitrogens with two attached hydrogens (primary N) is 1. The summed E-state index contributed by atoms with van der Waals surface area (Å²) in [4.78, 5) is 0.0940. The lowest BCUT2D eigenvalue weighted by atomic mass is 10.1. The maximum atomic E-state index is 13.1. The van der Waals surface area contributed by atoms with E-state index in [0.29, 0.717) is 5.56 Å². The van der Waals surface area contributed by atoms with Crippen LogP contribution in [0.4, 0.5) is 10.1 Å². The van der Waals surface area contributed by atoms with E-state index in [4.69, 9.17) is 5.73 Å². The molecule has 0 amide bonds. The molecule has 1 atom stereocenters. The quantitative estimate of drug-likeness (QED) is 0.910. The second-order valence-corrected chi connectivity index (χ2v) is 6.16. The van der Waals surface area contributed by atoms with Crippen molar-refractivity contribution in [2.45, 2.75) is 17.9 Å². The third kappa shape index (κ3) is 3.34. The molecule has 2 aromatic carbocycles. The van der Waals surface area contributed by atoms with E-state index in [1.165, 1.54) is 30.3 Å². The largest absolute Gasteiger partial charge is 0.324 e. The van der Waals surface area contributed by atoms with Gasteiger partial charge in [-0.2, -0.15) is 0 Å². The highest BCUT2D eigenvalue weighted by Gasteiger charge is 2.15. The van der Waals surface area contributed by atoms with Gasteiger partial charge in [0.05, 0.1) is 10.6 Å². The Morgan fingerprint density at radius 2 is 1.85 bits per heavy atom. The van der Waals surface area contributed by atoms with Crippen molar-refractivity contribution in [1.82, 2.24) is 0 Å². The van der Waals surface area contributed by atoms with Gasteiger partial charge in [0.25, 0.3) is 10.0 Å². The molecule has 0 aliphatic heterocycles. The van der Waals surface area contributed by atoms with E-state index in [-0.39, 0.29) is 16.6 Å². The molecule has 2 aromatic rings. The molecule has 0 radical (unpaired) electrons. The smallest absolute Gasteiger partial charge is 0.261 e. The van der Waals surface area contributed by atoms with Crippen LogP contribution in [-0.2, 0) is 10.0 Å². The van der Waals surface area contributed by atoms with E-state index >= 15 is 0 Å². The molecule has 0 heterocycles. The molecular weight excluding hydrogens is 279 g/mol. The number of hydrogen-bond donors (Lipinski definition) is 2. The maximum absolute atomic E-state index is 13.1. The van der Waals surface area contributed by atoms with E-state index in [0.717, 1.165) is 6.07 Å². The summed E-state index contributed by atoms with van der Waals surface area (Å²) in [6, 6.07) is 11.4. The van der Waals surface area contributed by atoms with Crippen LogP contribution in [0.25, 0.3) is 0 Å². The van der Waals surface area contributed by atoms with Gasteiger partial charge in [-0.25, -0.2) is 12.8 Å². The minimum absolute atomic E-state index is 0.0940. The Morgan fingerprint density at radius 1 is 1.15 bits per heavy atom. The highest BCUT2D eigenvalue weighted by molar-refractivity contribution is 7.92. The highest BCUT2D eigenvalue weighted by Crippen LogP contribution is 2.19. The number of nitrogens with one attached hydrogen (secondary N) is 1. The average molecular weight is 294 g/mol. The third-order valence-corrected chi connectivity index (χ3v) is 4.15. The topological polar surface area (TPSA) is 72.2 Å². The molecule has 0 aliphatic carbocycles. The van der Waals surface area contributed by atoms with Gasteiger partial charge in [-0.15, -0.1) is 0 Å². The van der Waals surface area contributed by atoms with Gasteiger partial charge in [0.2, 0.25) is 0 Å². The van der Waals surface area contributed by atoms with Crippen LogP contribution in [0.3, 0.4) is 0 Å². The Balaban J connectivity index is 2.33. The summed E-state index contributed by atoms with van der Waals surface area (Å²) >= 11 is 0. The monoisotopic (exact) mass is 294 g/mol. The lowest BCUT2D eigenvalue weighted by Gasteiger charge is -2.11. The summed E-state index contributed by atoms with van der Waals surface area (Å²) < 4.78 is 39.8. The van der Waals surface area contributed by atoms with Crippen molar-refractivity contribution >= 4 is 15.7 Å². The van der Waals surface area contributed by atoms with Crippen LogP contribution in [0, 0.1) is 5.82 Å². The second kappa shape index (κ2) is 5.60. The van der Waals surface area contributed by atoms with Crippen LogP contribution in [0.15, 0.2) is 53.4 Å². The Hall–Kier alpha value is -1.92. The summed E-state index contributed by atoms with van der Waals surface area (Å²) in [5, 5.41) is 0. The molecule has 1 unspecified atom stereocenters. The van der Waals surface area contributed by atoms with Crippen LogP contribution in [0.5, 0.6) is 0 Å². The first-order chi connectivity index (χ1) is 9.38. The predicted octanol–water partition coefficient (Wildman–Crippen LogP) is 2.65. The molecule has 0 saturated carbocycles. The molecule has 6 heteroatoms. The number of benzene rings is 2. The summed E-state index contributed by atoms with van der Waals surface area (Å²) in [5.41, 5.74) is 6.63. The molecule has 0 aromatic heterocycles. The van der Waals surface area contributed by atoms with Gasteiger partial charge in [0, 0.05) is 6.04 Å². The first-order valence-electron chi connectivity index (χ1n) is 6.02. The number of anilines is 1. The summed E-state index contributed by atoms with van der Waals surface area (Å²) in [6.07, 6.45) is 0. The Bertz CT molecular complexity index is 715. The summed E-state index contributed by atoms with van der Waals surface area (Å²) in [7, 11) is -3.76. The second-order valence-electron chi connectivity index (χ2n) is 4.48. The molecule has 3 N–H and O–H groups in total. The fourth-order valence-electron chi connectivity index (χ4n) is 1.73. The molecule has 0 aliphatic rings. The van der Waals surface area contributed by atoms with Gasteiger partial charge in [0.1, 0.15) is 5.82 Å². The Labute approximate surface area is 117 Å². The minimum atomic E-state index is -3.76. The van der Waals surface area contributed by atoms with Gasteiger partial charge in [-0.1, -0.05) is 18.2 Å². The normalized spacial score (nSPS) is 12.9. The van der Waals surface area contributed by atoms with Gasteiger partial charge >= 0.3 is 0 Å². The SMILES string of the molecule is CC(N)c1cccc(S(=O)(=O)Nc2cccc(F)c2)c1. The van der Waals surface area contributed by atoms with Gasteiger partial charge in [0.15, 0.2) is 0 Å². The van der Waals surface area contributed by atoms with E-state index in [1.54, 1.807) is 19.1 Å². The van der Waals surface area contributed by atoms with Crippen molar-refractivity contribution in [3.8, 4) is 0 Å². The zero-order valence-electron chi connectivity index (χ0n) is 10.9. The first kappa shape index (κ1) is 14.5. The van der Waals surface area contributed by atoms with Gasteiger partial charge < -0.3 is 5.73 Å². The highest BCUT2D eigenvalue weighted by atomic mass is 32.2. The summed E-state index contributed by atoms with van der Waals surface area (Å²) in [5.74, 6) is -0.505. The van der Waals surface area contributed by atoms with E-state index in [2.05, 4.69) is 4.72 Å². The van der Waals surface area contributed by atoms with Crippen molar-refractivity contribution in [1.29, 1.82) is 0 Å². The number of hydrogen-bond acceptors (Lipinski definition) is 3. The van der Waals surface area contributed by atoms with Gasteiger partial charge in [-0.05, 0) is 42.8 Å².